The van der Waals surface area contributed by atoms with Gasteiger partial charge in [-0.25, -0.2) is 9.52 Å². The topological polar surface area (TPSA) is 75.7 Å². The maximum Gasteiger partial charge on any atom is 0.422 e. The first-order valence-electron chi connectivity index (χ1n) is 6.21. The van der Waals surface area contributed by atoms with E-state index in [2.05, 4.69) is 15.9 Å². The average molecular weight is 357 g/mol. The molecule has 0 bridgehead atoms. The number of amides is 1. The minimum absolute atomic E-state index is 0.425. The van der Waals surface area contributed by atoms with Crippen molar-refractivity contribution < 1.29 is 17.9 Å². The summed E-state index contributed by atoms with van der Waals surface area (Å²) >= 11 is 3.40. The molecular weight excluding hydrogens is 336 g/mol. The Morgan fingerprint density at radius 1 is 1.37 bits per heavy atom. The lowest BCUT2D eigenvalue weighted by molar-refractivity contribution is 0.0566. The van der Waals surface area contributed by atoms with E-state index in [1.54, 1.807) is 20.8 Å². The van der Waals surface area contributed by atoms with Gasteiger partial charge in [-0.1, -0.05) is 15.9 Å². The highest BCUT2D eigenvalue weighted by molar-refractivity contribution is 9.09. The zero-order valence-electron chi connectivity index (χ0n) is 11.5. The van der Waals surface area contributed by atoms with E-state index < -0.39 is 21.9 Å². The first kappa shape index (κ1) is 16.7. The van der Waals surface area contributed by atoms with Gasteiger partial charge in [-0.3, -0.25) is 0 Å². The third kappa shape index (κ3) is 5.66. The molecule has 1 aliphatic rings. The Hall–Kier alpha value is -0.340. The lowest BCUT2D eigenvalue weighted by atomic mass is 10.0. The molecule has 6 nitrogen and oxygen atoms in total. The SMILES string of the molecule is CC(C)(C)OC(=O)NS(=O)(=O)N1CCC(CBr)CC1. The normalized spacial score (nSPS) is 19.2. The van der Waals surface area contributed by atoms with Crippen molar-refractivity contribution in [1.82, 2.24) is 9.03 Å². The summed E-state index contributed by atoms with van der Waals surface area (Å²) < 4.78 is 32.1. The first-order valence-corrected chi connectivity index (χ1v) is 8.77. The molecule has 1 aliphatic heterocycles. The van der Waals surface area contributed by atoms with Crippen molar-refractivity contribution in [3.63, 3.8) is 0 Å². The number of hydrogen-bond acceptors (Lipinski definition) is 4. The monoisotopic (exact) mass is 356 g/mol. The van der Waals surface area contributed by atoms with Gasteiger partial charge >= 0.3 is 16.3 Å². The molecule has 1 N–H and O–H groups in total. The van der Waals surface area contributed by atoms with Crippen LogP contribution in [0.25, 0.3) is 0 Å². The quantitative estimate of drug-likeness (QED) is 0.783. The van der Waals surface area contributed by atoms with Gasteiger partial charge in [-0.15, -0.1) is 0 Å². The highest BCUT2D eigenvalue weighted by Crippen LogP contribution is 2.20. The predicted molar refractivity (Wildman–Crippen MR) is 76.4 cm³/mol. The Morgan fingerprint density at radius 2 is 1.89 bits per heavy atom. The van der Waals surface area contributed by atoms with Gasteiger partial charge < -0.3 is 4.74 Å². The summed E-state index contributed by atoms with van der Waals surface area (Å²) in [4.78, 5) is 11.5. The average Bonchev–Trinajstić information content (AvgIpc) is 2.25. The number of ether oxygens (including phenoxy) is 1. The second kappa shape index (κ2) is 6.41. The summed E-state index contributed by atoms with van der Waals surface area (Å²) in [7, 11) is -3.79. The summed E-state index contributed by atoms with van der Waals surface area (Å²) in [5.74, 6) is 0.493. The van der Waals surface area contributed by atoms with Crippen LogP contribution < -0.4 is 4.72 Å². The van der Waals surface area contributed by atoms with Gasteiger partial charge in [0.05, 0.1) is 0 Å². The van der Waals surface area contributed by atoms with Crippen LogP contribution >= 0.6 is 15.9 Å². The van der Waals surface area contributed by atoms with Gasteiger partial charge in [0.2, 0.25) is 0 Å². The number of rotatable bonds is 3. The Balaban J connectivity index is 2.55. The molecule has 0 aromatic carbocycles. The molecule has 1 fully saturated rings. The van der Waals surface area contributed by atoms with E-state index in [-0.39, 0.29) is 0 Å². The van der Waals surface area contributed by atoms with E-state index in [1.165, 1.54) is 4.31 Å². The standard InChI is InChI=1S/C11H21BrN2O4S/c1-11(2,3)18-10(15)13-19(16,17)14-6-4-9(8-12)5-7-14/h9H,4-8H2,1-3H3,(H,13,15). The zero-order valence-corrected chi connectivity index (χ0v) is 13.9. The summed E-state index contributed by atoms with van der Waals surface area (Å²) in [6.07, 6.45) is 0.649. The molecule has 1 saturated heterocycles. The van der Waals surface area contributed by atoms with Crippen LogP contribution in [0.3, 0.4) is 0 Å². The van der Waals surface area contributed by atoms with Crippen LogP contribution in [-0.2, 0) is 14.9 Å². The number of piperidine rings is 1. The molecule has 0 aliphatic carbocycles. The number of nitrogens with one attached hydrogen (secondary N) is 1. The van der Waals surface area contributed by atoms with Crippen molar-refractivity contribution >= 4 is 32.2 Å². The molecule has 0 radical (unpaired) electrons. The zero-order chi connectivity index (χ0) is 14.7. The number of hydrogen-bond donors (Lipinski definition) is 1. The number of carbonyl (C=O) groups excluding carboxylic acids is 1. The van der Waals surface area contributed by atoms with Crippen molar-refractivity contribution in [3.8, 4) is 0 Å². The maximum absolute atomic E-state index is 12.0. The second-order valence-corrected chi connectivity index (χ2v) is 7.92. The highest BCUT2D eigenvalue weighted by Gasteiger charge is 2.30. The van der Waals surface area contributed by atoms with E-state index in [4.69, 9.17) is 4.74 Å². The van der Waals surface area contributed by atoms with Crippen LogP contribution in [0, 0.1) is 5.92 Å². The van der Waals surface area contributed by atoms with Gasteiger partial charge in [0.1, 0.15) is 5.60 Å². The molecule has 1 rings (SSSR count). The summed E-state index contributed by atoms with van der Waals surface area (Å²) in [5, 5.41) is 0.875. The minimum atomic E-state index is -3.79. The van der Waals surface area contributed by atoms with Crippen LogP contribution in [0.15, 0.2) is 0 Å². The van der Waals surface area contributed by atoms with Crippen molar-refractivity contribution in [2.24, 2.45) is 5.92 Å². The molecule has 0 unspecified atom stereocenters. The van der Waals surface area contributed by atoms with Crippen molar-refractivity contribution in [3.05, 3.63) is 0 Å². The Kier molecular flexibility index (Phi) is 5.64. The second-order valence-electron chi connectivity index (χ2n) is 5.61. The number of nitrogens with zero attached hydrogens (tertiary/aromatic N) is 1. The molecule has 0 spiro atoms. The smallest absolute Gasteiger partial charge is 0.422 e. The molecule has 1 heterocycles. The van der Waals surface area contributed by atoms with Crippen LogP contribution in [0.2, 0.25) is 0 Å². The largest absolute Gasteiger partial charge is 0.443 e. The van der Waals surface area contributed by atoms with Gasteiger partial charge in [-0.2, -0.15) is 12.7 Å². The summed E-state index contributed by atoms with van der Waals surface area (Å²) in [5.41, 5.74) is -0.720. The number of halogens is 1. The lowest BCUT2D eigenvalue weighted by Crippen LogP contribution is -2.48. The Bertz CT molecular complexity index is 411. The fourth-order valence-corrected chi connectivity index (χ4v) is 3.49. The van der Waals surface area contributed by atoms with Gasteiger partial charge in [0, 0.05) is 18.4 Å². The maximum atomic E-state index is 12.0. The van der Waals surface area contributed by atoms with Crippen molar-refractivity contribution in [1.29, 1.82) is 0 Å². The van der Waals surface area contributed by atoms with Crippen LogP contribution in [0.1, 0.15) is 33.6 Å². The fraction of sp³-hybridized carbons (Fsp3) is 0.909. The molecule has 112 valence electrons. The molecular formula is C11H21BrN2O4S. The molecule has 1 amide bonds. The Labute approximate surface area is 123 Å². The van der Waals surface area contributed by atoms with Crippen LogP contribution in [0.5, 0.6) is 0 Å². The van der Waals surface area contributed by atoms with E-state index in [0.29, 0.717) is 19.0 Å². The first-order chi connectivity index (χ1) is 8.64. The van der Waals surface area contributed by atoms with E-state index in [0.717, 1.165) is 18.2 Å². The van der Waals surface area contributed by atoms with Gasteiger partial charge in [0.15, 0.2) is 0 Å². The van der Waals surface area contributed by atoms with E-state index in [9.17, 15) is 13.2 Å². The molecule has 0 atom stereocenters. The third-order valence-electron chi connectivity index (χ3n) is 2.74. The number of carbonyl (C=O) groups is 1. The molecule has 0 aromatic rings. The molecule has 0 saturated carbocycles. The van der Waals surface area contributed by atoms with Crippen molar-refractivity contribution in [2.45, 2.75) is 39.2 Å². The van der Waals surface area contributed by atoms with Gasteiger partial charge in [-0.05, 0) is 39.5 Å². The molecule has 19 heavy (non-hydrogen) atoms. The van der Waals surface area contributed by atoms with E-state index >= 15 is 0 Å². The minimum Gasteiger partial charge on any atom is -0.443 e. The fourth-order valence-electron chi connectivity index (χ4n) is 1.77. The predicted octanol–water partition coefficient (Wildman–Crippen LogP) is 1.86. The third-order valence-corrected chi connectivity index (χ3v) is 5.13. The lowest BCUT2D eigenvalue weighted by Gasteiger charge is -2.30. The van der Waals surface area contributed by atoms with Gasteiger partial charge in [0.25, 0.3) is 0 Å². The number of alkyl halides is 1. The molecule has 0 aromatic heterocycles. The van der Waals surface area contributed by atoms with Crippen LogP contribution in [-0.4, -0.2) is 42.8 Å². The Morgan fingerprint density at radius 3 is 2.32 bits per heavy atom. The summed E-state index contributed by atoms with van der Waals surface area (Å²) in [6.45, 7) is 5.89. The van der Waals surface area contributed by atoms with Crippen molar-refractivity contribution in [2.75, 3.05) is 18.4 Å². The molecule has 8 heteroatoms. The van der Waals surface area contributed by atoms with E-state index in [1.807, 2.05) is 4.72 Å². The highest BCUT2D eigenvalue weighted by atomic mass is 79.9. The summed E-state index contributed by atoms with van der Waals surface area (Å²) in [6, 6.07) is 0. The van der Waals surface area contributed by atoms with Crippen LogP contribution in [0.4, 0.5) is 4.79 Å².